The molecule has 6 nitrogen and oxygen atoms in total. The summed E-state index contributed by atoms with van der Waals surface area (Å²) < 4.78 is 33.1. The van der Waals surface area contributed by atoms with Gasteiger partial charge in [0.1, 0.15) is 5.76 Å². The first-order valence-electron chi connectivity index (χ1n) is 8.93. The molecule has 0 spiro atoms. The predicted molar refractivity (Wildman–Crippen MR) is 105 cm³/mol. The van der Waals surface area contributed by atoms with E-state index in [9.17, 15) is 18.3 Å². The molecule has 1 N–H and O–H groups in total. The van der Waals surface area contributed by atoms with E-state index in [1.54, 1.807) is 31.2 Å². The second-order valence-electron chi connectivity index (χ2n) is 6.81. The highest BCUT2D eigenvalue weighted by molar-refractivity contribution is 7.89. The third kappa shape index (κ3) is 3.55. The maximum atomic E-state index is 13.5. The van der Waals surface area contributed by atoms with Gasteiger partial charge in [-0.05, 0) is 31.5 Å². The van der Waals surface area contributed by atoms with E-state index in [2.05, 4.69) is 0 Å². The van der Waals surface area contributed by atoms with Crippen LogP contribution in [0.25, 0.3) is 0 Å². The highest BCUT2D eigenvalue weighted by Gasteiger charge is 2.44. The van der Waals surface area contributed by atoms with Crippen LogP contribution in [0.3, 0.4) is 0 Å². The molecule has 0 bridgehead atoms. The molecule has 1 aliphatic rings. The lowest BCUT2D eigenvalue weighted by molar-refractivity contribution is -0.137. The summed E-state index contributed by atoms with van der Waals surface area (Å²) in [4.78, 5) is 12.4. The quantitative estimate of drug-likeness (QED) is 0.793. The molecule has 148 valence electrons. The topological polar surface area (TPSA) is 83.9 Å². The number of hydrogen-bond donors (Lipinski definition) is 1. The Balaban J connectivity index is 2.17. The van der Waals surface area contributed by atoms with Crippen LogP contribution in [-0.2, 0) is 19.6 Å². The lowest BCUT2D eigenvalue weighted by Crippen LogP contribution is -2.47. The number of ether oxygens (including phenoxy) is 1. The molecule has 0 unspecified atom stereocenters. The summed E-state index contributed by atoms with van der Waals surface area (Å²) in [6.45, 7) is 3.46. The highest BCUT2D eigenvalue weighted by atomic mass is 32.2. The summed E-state index contributed by atoms with van der Waals surface area (Å²) in [6, 6.07) is 14.1. The maximum Gasteiger partial charge on any atom is 0.338 e. The fraction of sp³-hybridized carbons (Fsp3) is 0.286. The van der Waals surface area contributed by atoms with E-state index in [0.717, 1.165) is 11.1 Å². The van der Waals surface area contributed by atoms with Crippen molar-refractivity contribution in [3.8, 4) is 0 Å². The average molecular weight is 401 g/mol. The number of carbonyl (C=O) groups is 1. The first kappa shape index (κ1) is 20.1. The zero-order chi connectivity index (χ0) is 20.5. The lowest BCUT2D eigenvalue weighted by Gasteiger charge is -2.40. The number of carbonyl (C=O) groups excluding carboxylic acids is 1. The Hall–Kier alpha value is -2.64. The van der Waals surface area contributed by atoms with Crippen LogP contribution in [-0.4, -0.2) is 37.0 Å². The number of aliphatic hydroxyl groups is 1. The fourth-order valence-corrected chi connectivity index (χ4v) is 5.34. The van der Waals surface area contributed by atoms with Crippen LogP contribution in [0.5, 0.6) is 0 Å². The molecule has 0 radical (unpaired) electrons. The molecule has 2 atom stereocenters. The molecule has 7 heteroatoms. The largest absolute Gasteiger partial charge is 0.512 e. The Labute approximate surface area is 165 Å². The van der Waals surface area contributed by atoms with Crippen molar-refractivity contribution in [3.63, 3.8) is 0 Å². The minimum Gasteiger partial charge on any atom is -0.512 e. The van der Waals surface area contributed by atoms with Crippen molar-refractivity contribution < 1.29 is 23.1 Å². The minimum atomic E-state index is -3.94. The van der Waals surface area contributed by atoms with Crippen molar-refractivity contribution in [2.75, 3.05) is 7.11 Å². The van der Waals surface area contributed by atoms with Gasteiger partial charge in [-0.2, -0.15) is 4.31 Å². The van der Waals surface area contributed by atoms with E-state index in [-0.39, 0.29) is 22.6 Å². The van der Waals surface area contributed by atoms with Gasteiger partial charge in [0.15, 0.2) is 0 Å². The smallest absolute Gasteiger partial charge is 0.338 e. The SMILES string of the molecule is COC(=O)C1=C(O)C[C@H](c2ccccc2)N(S(=O)(=O)c2ccc(C)cc2)[C@@H]1C. The Morgan fingerprint density at radius 3 is 2.29 bits per heavy atom. The Morgan fingerprint density at radius 2 is 1.71 bits per heavy atom. The average Bonchev–Trinajstić information content (AvgIpc) is 2.68. The number of aliphatic hydroxyl groups excluding tert-OH is 1. The maximum absolute atomic E-state index is 13.5. The van der Waals surface area contributed by atoms with Crippen LogP contribution < -0.4 is 0 Å². The van der Waals surface area contributed by atoms with Crippen molar-refractivity contribution in [2.45, 2.75) is 37.2 Å². The molecule has 0 fully saturated rings. The van der Waals surface area contributed by atoms with Gasteiger partial charge in [0, 0.05) is 6.42 Å². The summed E-state index contributed by atoms with van der Waals surface area (Å²) in [5, 5.41) is 10.5. The molecule has 2 aromatic rings. The molecule has 28 heavy (non-hydrogen) atoms. The fourth-order valence-electron chi connectivity index (χ4n) is 3.57. The summed E-state index contributed by atoms with van der Waals surface area (Å²) in [5.41, 5.74) is 1.64. The van der Waals surface area contributed by atoms with Crippen molar-refractivity contribution in [1.29, 1.82) is 0 Å². The van der Waals surface area contributed by atoms with Gasteiger partial charge in [-0.15, -0.1) is 0 Å². The Morgan fingerprint density at radius 1 is 1.11 bits per heavy atom. The number of aryl methyl sites for hydroxylation is 1. The standard InChI is InChI=1S/C21H23NO5S/c1-14-9-11-17(12-10-14)28(25,26)22-15(2)20(21(24)27-3)19(23)13-18(22)16-7-5-4-6-8-16/h4-12,15,18,23H,13H2,1-3H3/t15-,18-/m1/s1. The molecular weight excluding hydrogens is 378 g/mol. The van der Waals surface area contributed by atoms with E-state index in [1.165, 1.54) is 11.4 Å². The van der Waals surface area contributed by atoms with Gasteiger partial charge in [0.25, 0.3) is 0 Å². The summed E-state index contributed by atoms with van der Waals surface area (Å²) in [5.74, 6) is -0.885. The van der Waals surface area contributed by atoms with Gasteiger partial charge in [-0.25, -0.2) is 13.2 Å². The van der Waals surface area contributed by atoms with Crippen molar-refractivity contribution in [3.05, 3.63) is 77.1 Å². The second-order valence-corrected chi connectivity index (χ2v) is 8.65. The number of benzene rings is 2. The Kier molecular flexibility index (Phi) is 5.58. The molecule has 0 amide bonds. The van der Waals surface area contributed by atoms with Crippen LogP contribution in [0.15, 0.2) is 70.8 Å². The summed E-state index contributed by atoms with van der Waals surface area (Å²) in [7, 11) is -2.74. The van der Waals surface area contributed by atoms with E-state index < -0.39 is 28.1 Å². The predicted octanol–water partition coefficient (Wildman–Crippen LogP) is 3.50. The number of hydrogen-bond acceptors (Lipinski definition) is 5. The summed E-state index contributed by atoms with van der Waals surface area (Å²) >= 11 is 0. The van der Waals surface area contributed by atoms with Gasteiger partial charge in [-0.1, -0.05) is 48.0 Å². The van der Waals surface area contributed by atoms with Gasteiger partial charge >= 0.3 is 5.97 Å². The number of nitrogens with zero attached hydrogens (tertiary/aromatic N) is 1. The third-order valence-electron chi connectivity index (χ3n) is 4.99. The molecule has 0 saturated heterocycles. The second kappa shape index (κ2) is 7.77. The van der Waals surface area contributed by atoms with Gasteiger partial charge in [-0.3, -0.25) is 0 Å². The molecule has 0 saturated carbocycles. The number of rotatable bonds is 4. The van der Waals surface area contributed by atoms with Gasteiger partial charge < -0.3 is 9.84 Å². The van der Waals surface area contributed by atoms with Crippen LogP contribution in [0.4, 0.5) is 0 Å². The molecular formula is C21H23NO5S. The van der Waals surface area contributed by atoms with E-state index >= 15 is 0 Å². The first-order chi connectivity index (χ1) is 13.3. The first-order valence-corrected chi connectivity index (χ1v) is 10.4. The molecule has 1 heterocycles. The van der Waals surface area contributed by atoms with E-state index in [1.807, 2.05) is 37.3 Å². The number of esters is 1. The van der Waals surface area contributed by atoms with Crippen molar-refractivity contribution >= 4 is 16.0 Å². The van der Waals surface area contributed by atoms with E-state index in [0.29, 0.717) is 0 Å². The zero-order valence-corrected chi connectivity index (χ0v) is 16.8. The van der Waals surface area contributed by atoms with Crippen LogP contribution in [0, 0.1) is 6.92 Å². The van der Waals surface area contributed by atoms with Crippen LogP contribution in [0.1, 0.15) is 30.5 Å². The molecule has 3 rings (SSSR count). The van der Waals surface area contributed by atoms with E-state index in [4.69, 9.17) is 4.74 Å². The van der Waals surface area contributed by atoms with Crippen molar-refractivity contribution in [2.24, 2.45) is 0 Å². The number of methoxy groups -OCH3 is 1. The molecule has 0 aromatic heterocycles. The zero-order valence-electron chi connectivity index (χ0n) is 16.0. The monoisotopic (exact) mass is 401 g/mol. The molecule has 1 aliphatic heterocycles. The lowest BCUT2D eigenvalue weighted by atomic mass is 9.92. The third-order valence-corrected chi connectivity index (χ3v) is 6.98. The molecule has 2 aromatic carbocycles. The van der Waals surface area contributed by atoms with Crippen LogP contribution in [0.2, 0.25) is 0 Å². The minimum absolute atomic E-state index is 0.0100. The van der Waals surface area contributed by atoms with Gasteiger partial charge in [0.2, 0.25) is 10.0 Å². The van der Waals surface area contributed by atoms with Crippen LogP contribution >= 0.6 is 0 Å². The summed E-state index contributed by atoms with van der Waals surface area (Å²) in [6.07, 6.45) is -0.0100. The Bertz CT molecular complexity index is 997. The molecule has 0 aliphatic carbocycles. The number of sulfonamides is 1. The highest BCUT2D eigenvalue weighted by Crippen LogP contribution is 2.41. The van der Waals surface area contributed by atoms with Gasteiger partial charge in [0.05, 0.1) is 29.7 Å². The normalized spacial score (nSPS) is 20.8. The van der Waals surface area contributed by atoms with Crippen molar-refractivity contribution in [1.82, 2.24) is 4.31 Å².